The second-order valence-corrected chi connectivity index (χ2v) is 4.45. The summed E-state index contributed by atoms with van der Waals surface area (Å²) >= 11 is 0. The average molecular weight is 259 g/mol. The average Bonchev–Trinajstić information content (AvgIpc) is 2.86. The molecule has 0 aliphatic carbocycles. The molecule has 0 aliphatic heterocycles. The number of benzene rings is 1. The van der Waals surface area contributed by atoms with E-state index in [-0.39, 0.29) is 24.3 Å². The lowest BCUT2D eigenvalue weighted by atomic mass is 10.1. The fourth-order valence-corrected chi connectivity index (χ4v) is 1.87. The molecule has 2 aromatic rings. The van der Waals surface area contributed by atoms with E-state index in [2.05, 4.69) is 5.32 Å². The summed E-state index contributed by atoms with van der Waals surface area (Å²) in [6.07, 6.45) is 0.586. The molecule has 0 fully saturated rings. The molecule has 1 amide bonds. The highest BCUT2D eigenvalue weighted by Gasteiger charge is 2.15. The number of aliphatic hydroxyl groups is 1. The second kappa shape index (κ2) is 6.20. The van der Waals surface area contributed by atoms with Gasteiger partial charge < -0.3 is 14.8 Å². The SMILES string of the molecule is Cc1ccc(C(=O)N[C@@H](CO)Cc2ccccc2)o1. The van der Waals surface area contributed by atoms with Gasteiger partial charge in [-0.2, -0.15) is 0 Å². The van der Waals surface area contributed by atoms with Crippen LogP contribution in [0.15, 0.2) is 46.9 Å². The van der Waals surface area contributed by atoms with Crippen LogP contribution < -0.4 is 5.32 Å². The number of nitrogens with one attached hydrogen (secondary N) is 1. The van der Waals surface area contributed by atoms with E-state index in [0.29, 0.717) is 12.2 Å². The quantitative estimate of drug-likeness (QED) is 0.862. The van der Waals surface area contributed by atoms with Gasteiger partial charge in [0.2, 0.25) is 0 Å². The van der Waals surface area contributed by atoms with E-state index in [4.69, 9.17) is 4.42 Å². The molecule has 100 valence electrons. The maximum Gasteiger partial charge on any atom is 0.287 e. The molecule has 1 aromatic carbocycles. The number of furan rings is 1. The van der Waals surface area contributed by atoms with Crippen LogP contribution in [0, 0.1) is 6.92 Å². The van der Waals surface area contributed by atoms with Crippen molar-refractivity contribution in [3.8, 4) is 0 Å². The first-order valence-corrected chi connectivity index (χ1v) is 6.21. The van der Waals surface area contributed by atoms with E-state index < -0.39 is 0 Å². The molecule has 0 saturated heterocycles. The molecule has 0 unspecified atom stereocenters. The van der Waals surface area contributed by atoms with Gasteiger partial charge in [0.1, 0.15) is 5.76 Å². The summed E-state index contributed by atoms with van der Waals surface area (Å²) in [5, 5.41) is 12.1. The van der Waals surface area contributed by atoms with Crippen LogP contribution in [0.3, 0.4) is 0 Å². The molecule has 4 heteroatoms. The highest BCUT2D eigenvalue weighted by molar-refractivity contribution is 5.91. The lowest BCUT2D eigenvalue weighted by Crippen LogP contribution is -2.38. The molecule has 19 heavy (non-hydrogen) atoms. The Labute approximate surface area is 112 Å². The molecule has 0 aliphatic rings. The van der Waals surface area contributed by atoms with Gasteiger partial charge in [0.15, 0.2) is 5.76 Å². The summed E-state index contributed by atoms with van der Waals surface area (Å²) < 4.78 is 5.25. The van der Waals surface area contributed by atoms with Crippen LogP contribution in [0.2, 0.25) is 0 Å². The number of aryl methyl sites for hydroxylation is 1. The van der Waals surface area contributed by atoms with E-state index in [1.54, 1.807) is 19.1 Å². The Kier molecular flexibility index (Phi) is 4.36. The minimum absolute atomic E-state index is 0.111. The monoisotopic (exact) mass is 259 g/mol. The topological polar surface area (TPSA) is 62.5 Å². The fourth-order valence-electron chi connectivity index (χ4n) is 1.87. The summed E-state index contributed by atoms with van der Waals surface area (Å²) in [5.41, 5.74) is 1.07. The normalized spacial score (nSPS) is 12.1. The van der Waals surface area contributed by atoms with Crippen molar-refractivity contribution >= 4 is 5.91 Å². The van der Waals surface area contributed by atoms with Crippen LogP contribution in [0.4, 0.5) is 0 Å². The van der Waals surface area contributed by atoms with Gasteiger partial charge in [-0.25, -0.2) is 0 Å². The van der Waals surface area contributed by atoms with Crippen molar-refractivity contribution < 1.29 is 14.3 Å². The molecule has 1 atom stereocenters. The Morgan fingerprint density at radius 2 is 2.00 bits per heavy atom. The van der Waals surface area contributed by atoms with Crippen LogP contribution in [-0.2, 0) is 6.42 Å². The smallest absolute Gasteiger partial charge is 0.287 e. The molecular weight excluding hydrogens is 242 g/mol. The Bertz CT molecular complexity index is 533. The minimum Gasteiger partial charge on any atom is -0.456 e. The van der Waals surface area contributed by atoms with Crippen molar-refractivity contribution in [3.63, 3.8) is 0 Å². The number of amides is 1. The van der Waals surface area contributed by atoms with Crippen LogP contribution in [0.5, 0.6) is 0 Å². The van der Waals surface area contributed by atoms with Crippen molar-refractivity contribution in [2.45, 2.75) is 19.4 Å². The van der Waals surface area contributed by atoms with E-state index in [9.17, 15) is 9.90 Å². The number of carbonyl (C=O) groups is 1. The number of rotatable bonds is 5. The van der Waals surface area contributed by atoms with Crippen molar-refractivity contribution in [2.75, 3.05) is 6.61 Å². The summed E-state index contributed by atoms with van der Waals surface area (Å²) in [5.74, 6) is 0.654. The molecule has 1 heterocycles. The van der Waals surface area contributed by atoms with Gasteiger partial charge in [0.25, 0.3) is 5.91 Å². The van der Waals surface area contributed by atoms with E-state index in [0.717, 1.165) is 5.56 Å². The maximum atomic E-state index is 11.9. The molecule has 0 spiro atoms. The third-order valence-corrected chi connectivity index (χ3v) is 2.84. The Balaban J connectivity index is 1.97. The van der Waals surface area contributed by atoms with Gasteiger partial charge in [-0.1, -0.05) is 30.3 Å². The van der Waals surface area contributed by atoms with Gasteiger partial charge in [-0.15, -0.1) is 0 Å². The Morgan fingerprint density at radius 3 is 2.58 bits per heavy atom. The predicted octanol–water partition coefficient (Wildman–Crippen LogP) is 1.92. The number of carbonyl (C=O) groups excluding carboxylic acids is 1. The Hall–Kier alpha value is -2.07. The molecule has 2 N–H and O–H groups in total. The van der Waals surface area contributed by atoms with Crippen LogP contribution >= 0.6 is 0 Å². The van der Waals surface area contributed by atoms with Gasteiger partial charge in [0, 0.05) is 0 Å². The molecule has 2 rings (SSSR count). The predicted molar refractivity (Wildman–Crippen MR) is 71.9 cm³/mol. The third kappa shape index (κ3) is 3.69. The lowest BCUT2D eigenvalue weighted by molar-refractivity contribution is 0.0887. The molecule has 0 radical (unpaired) electrons. The standard InChI is InChI=1S/C15H17NO3/c1-11-7-8-14(19-11)15(18)16-13(10-17)9-12-5-3-2-4-6-12/h2-8,13,17H,9-10H2,1H3,(H,16,18)/t13-/m1/s1. The number of hydrogen-bond acceptors (Lipinski definition) is 3. The summed E-state index contributed by atoms with van der Waals surface area (Å²) in [6, 6.07) is 12.8. The highest BCUT2D eigenvalue weighted by atomic mass is 16.3. The number of hydrogen-bond donors (Lipinski definition) is 2. The minimum atomic E-state index is -0.319. The molecule has 0 saturated carbocycles. The molecule has 1 aromatic heterocycles. The first kappa shape index (κ1) is 13.4. The zero-order valence-electron chi connectivity index (χ0n) is 10.8. The van der Waals surface area contributed by atoms with Crippen LogP contribution in [-0.4, -0.2) is 23.7 Å². The van der Waals surface area contributed by atoms with E-state index >= 15 is 0 Å². The summed E-state index contributed by atoms with van der Waals surface area (Å²) in [7, 11) is 0. The van der Waals surface area contributed by atoms with E-state index in [1.165, 1.54) is 0 Å². The van der Waals surface area contributed by atoms with Crippen LogP contribution in [0.1, 0.15) is 21.9 Å². The second-order valence-electron chi connectivity index (χ2n) is 4.45. The van der Waals surface area contributed by atoms with Gasteiger partial charge in [0.05, 0.1) is 12.6 Å². The maximum absolute atomic E-state index is 11.9. The first-order valence-electron chi connectivity index (χ1n) is 6.21. The molecular formula is C15H17NO3. The van der Waals surface area contributed by atoms with Gasteiger partial charge in [-0.3, -0.25) is 4.79 Å². The van der Waals surface area contributed by atoms with Crippen molar-refractivity contribution in [3.05, 3.63) is 59.5 Å². The lowest BCUT2D eigenvalue weighted by Gasteiger charge is -2.15. The third-order valence-electron chi connectivity index (χ3n) is 2.84. The molecule has 4 nitrogen and oxygen atoms in total. The zero-order valence-corrected chi connectivity index (χ0v) is 10.8. The van der Waals surface area contributed by atoms with Crippen molar-refractivity contribution in [1.82, 2.24) is 5.32 Å². The highest BCUT2D eigenvalue weighted by Crippen LogP contribution is 2.08. The van der Waals surface area contributed by atoms with Crippen LogP contribution in [0.25, 0.3) is 0 Å². The Morgan fingerprint density at radius 1 is 1.26 bits per heavy atom. The van der Waals surface area contributed by atoms with Gasteiger partial charge in [-0.05, 0) is 31.0 Å². The first-order chi connectivity index (χ1) is 9.19. The summed E-state index contributed by atoms with van der Waals surface area (Å²) in [6.45, 7) is 1.67. The van der Waals surface area contributed by atoms with Crippen molar-refractivity contribution in [1.29, 1.82) is 0 Å². The fraction of sp³-hybridized carbons (Fsp3) is 0.267. The zero-order chi connectivity index (χ0) is 13.7. The molecule has 0 bridgehead atoms. The van der Waals surface area contributed by atoms with Crippen molar-refractivity contribution in [2.24, 2.45) is 0 Å². The largest absolute Gasteiger partial charge is 0.456 e. The summed E-state index contributed by atoms with van der Waals surface area (Å²) in [4.78, 5) is 11.9. The van der Waals surface area contributed by atoms with E-state index in [1.807, 2.05) is 30.3 Å². The van der Waals surface area contributed by atoms with Gasteiger partial charge >= 0.3 is 0 Å². The number of aliphatic hydroxyl groups excluding tert-OH is 1.